The third kappa shape index (κ3) is 3.12. The third-order valence-electron chi connectivity index (χ3n) is 5.07. The second kappa shape index (κ2) is 7.17. The van der Waals surface area contributed by atoms with Crippen molar-refractivity contribution in [1.29, 1.82) is 0 Å². The van der Waals surface area contributed by atoms with Gasteiger partial charge in [0.25, 0.3) is 5.91 Å². The van der Waals surface area contributed by atoms with Crippen molar-refractivity contribution in [3.05, 3.63) is 47.1 Å². The van der Waals surface area contributed by atoms with E-state index in [0.29, 0.717) is 22.0 Å². The number of carbonyl (C=O) groups is 1. The smallest absolute Gasteiger partial charge is 0.263 e. The summed E-state index contributed by atoms with van der Waals surface area (Å²) in [4.78, 5) is 24.7. The van der Waals surface area contributed by atoms with Gasteiger partial charge in [-0.1, -0.05) is 0 Å². The van der Waals surface area contributed by atoms with E-state index < -0.39 is 0 Å². The van der Waals surface area contributed by atoms with Gasteiger partial charge in [-0.2, -0.15) is 5.10 Å². The van der Waals surface area contributed by atoms with Crippen LogP contribution >= 0.6 is 11.3 Å². The van der Waals surface area contributed by atoms with Gasteiger partial charge in [-0.3, -0.25) is 9.89 Å². The number of nitrogens with zero attached hydrogens (tertiary/aromatic N) is 6. The fourth-order valence-electron chi connectivity index (χ4n) is 3.40. The van der Waals surface area contributed by atoms with Crippen LogP contribution in [0, 0.1) is 6.92 Å². The van der Waals surface area contributed by atoms with E-state index in [0.717, 1.165) is 32.8 Å². The number of H-pyrrole nitrogens is 1. The lowest BCUT2D eigenvalue weighted by Gasteiger charge is -2.08. The minimum Gasteiger partial charge on any atom is -0.497 e. The van der Waals surface area contributed by atoms with Crippen molar-refractivity contribution in [2.45, 2.75) is 6.92 Å². The Bertz CT molecular complexity index is 1430. The molecule has 31 heavy (non-hydrogen) atoms. The van der Waals surface area contributed by atoms with Crippen LogP contribution in [0.3, 0.4) is 0 Å². The van der Waals surface area contributed by atoms with Gasteiger partial charge in [-0.15, -0.1) is 16.4 Å². The molecule has 0 aliphatic carbocycles. The molecule has 0 atom stereocenters. The first-order valence-electron chi connectivity index (χ1n) is 9.52. The monoisotopic (exact) mass is 433 g/mol. The molecule has 0 unspecified atom stereocenters. The zero-order valence-corrected chi connectivity index (χ0v) is 18.2. The van der Waals surface area contributed by atoms with Crippen LogP contribution in [0.25, 0.3) is 38.6 Å². The molecule has 4 aromatic heterocycles. The second-order valence-electron chi connectivity index (χ2n) is 7.28. The molecule has 0 aliphatic heterocycles. The fraction of sp³-hybridized carbons (Fsp3) is 0.190. The Labute approximate surface area is 181 Å². The summed E-state index contributed by atoms with van der Waals surface area (Å²) < 4.78 is 6.84. The Morgan fingerprint density at radius 2 is 2.00 bits per heavy atom. The maximum Gasteiger partial charge on any atom is 0.263 e. The highest BCUT2D eigenvalue weighted by Crippen LogP contribution is 2.33. The summed E-state index contributed by atoms with van der Waals surface area (Å²) in [5.74, 6) is 1.25. The largest absolute Gasteiger partial charge is 0.497 e. The molecule has 0 saturated carbocycles. The number of benzene rings is 1. The standard InChI is InChI=1S/C21H19N7O2S/c1-11-16-19-23-18(15-9-14(24-25-15)12-5-7-13(30-4)8-6-12)26-28(19)10-22-20(16)31-17(11)21(29)27(2)3/h5-10H,1-4H3,(H,24,25). The number of thiophene rings is 1. The number of aromatic nitrogens is 6. The molecule has 9 nitrogen and oxygen atoms in total. The van der Waals surface area contributed by atoms with Crippen LogP contribution in [0.2, 0.25) is 0 Å². The molecule has 1 N–H and O–H groups in total. The number of aryl methyl sites for hydroxylation is 1. The Hall–Kier alpha value is -3.79. The SMILES string of the molecule is COc1ccc(-c2cc(-c3nc4c5c(C)c(C(=O)N(C)C)sc5ncn4n3)[nH]n2)cc1. The van der Waals surface area contributed by atoms with Gasteiger partial charge in [-0.25, -0.2) is 14.5 Å². The van der Waals surface area contributed by atoms with Crippen LogP contribution in [0.15, 0.2) is 36.7 Å². The van der Waals surface area contributed by atoms with Crippen molar-refractivity contribution in [2.24, 2.45) is 0 Å². The van der Waals surface area contributed by atoms with Gasteiger partial charge in [0.1, 0.15) is 22.6 Å². The molecule has 1 amide bonds. The quantitative estimate of drug-likeness (QED) is 0.466. The molecule has 5 rings (SSSR count). The van der Waals surface area contributed by atoms with Crippen molar-refractivity contribution in [3.8, 4) is 28.5 Å². The van der Waals surface area contributed by atoms with Crippen LogP contribution < -0.4 is 4.74 Å². The van der Waals surface area contributed by atoms with E-state index in [1.54, 1.807) is 36.9 Å². The molecular formula is C21H19N7O2S. The van der Waals surface area contributed by atoms with Crippen molar-refractivity contribution in [1.82, 2.24) is 34.7 Å². The van der Waals surface area contributed by atoms with E-state index in [4.69, 9.17) is 9.72 Å². The van der Waals surface area contributed by atoms with E-state index in [2.05, 4.69) is 20.3 Å². The first-order valence-corrected chi connectivity index (χ1v) is 10.3. The number of nitrogens with one attached hydrogen (secondary N) is 1. The van der Waals surface area contributed by atoms with Crippen LogP contribution in [0.1, 0.15) is 15.2 Å². The van der Waals surface area contributed by atoms with E-state index in [-0.39, 0.29) is 5.91 Å². The highest BCUT2D eigenvalue weighted by molar-refractivity contribution is 7.20. The molecule has 0 radical (unpaired) electrons. The molecule has 0 aliphatic rings. The molecular weight excluding hydrogens is 414 g/mol. The summed E-state index contributed by atoms with van der Waals surface area (Å²) in [6, 6.07) is 9.58. The Morgan fingerprint density at radius 1 is 1.23 bits per heavy atom. The lowest BCUT2D eigenvalue weighted by atomic mass is 10.1. The van der Waals surface area contributed by atoms with E-state index in [1.807, 2.05) is 37.3 Å². The molecule has 1 aromatic carbocycles. The minimum absolute atomic E-state index is 0.0453. The third-order valence-corrected chi connectivity index (χ3v) is 6.26. The van der Waals surface area contributed by atoms with Gasteiger partial charge in [0.2, 0.25) is 0 Å². The van der Waals surface area contributed by atoms with Crippen LogP contribution in [-0.2, 0) is 0 Å². The zero-order valence-electron chi connectivity index (χ0n) is 17.4. The molecule has 5 aromatic rings. The molecule has 0 bridgehead atoms. The lowest BCUT2D eigenvalue weighted by molar-refractivity contribution is 0.0831. The normalized spacial score (nSPS) is 11.4. The molecule has 0 saturated heterocycles. The Morgan fingerprint density at radius 3 is 2.71 bits per heavy atom. The first kappa shape index (κ1) is 19.2. The highest BCUT2D eigenvalue weighted by Gasteiger charge is 2.22. The van der Waals surface area contributed by atoms with E-state index in [9.17, 15) is 4.79 Å². The van der Waals surface area contributed by atoms with Gasteiger partial charge in [0.15, 0.2) is 11.5 Å². The minimum atomic E-state index is -0.0453. The summed E-state index contributed by atoms with van der Waals surface area (Å²) in [7, 11) is 5.11. The van der Waals surface area contributed by atoms with E-state index in [1.165, 1.54) is 11.3 Å². The molecule has 0 fully saturated rings. The molecule has 4 heterocycles. The number of fused-ring (bicyclic) bond motifs is 3. The number of aromatic amines is 1. The van der Waals surface area contributed by atoms with Crippen LogP contribution in [0.4, 0.5) is 0 Å². The van der Waals surface area contributed by atoms with Crippen molar-refractivity contribution >= 4 is 33.1 Å². The van der Waals surface area contributed by atoms with Gasteiger partial charge in [-0.05, 0) is 42.8 Å². The van der Waals surface area contributed by atoms with Gasteiger partial charge >= 0.3 is 0 Å². The lowest BCUT2D eigenvalue weighted by Crippen LogP contribution is -2.21. The Kier molecular flexibility index (Phi) is 4.44. The van der Waals surface area contributed by atoms with Crippen molar-refractivity contribution in [2.75, 3.05) is 21.2 Å². The number of hydrogen-bond acceptors (Lipinski definition) is 7. The summed E-state index contributed by atoms with van der Waals surface area (Å²) in [5, 5.41) is 12.8. The predicted octanol–water partition coefficient (Wildman–Crippen LogP) is 3.41. The number of rotatable bonds is 4. The van der Waals surface area contributed by atoms with E-state index >= 15 is 0 Å². The summed E-state index contributed by atoms with van der Waals surface area (Å²) in [5.41, 5.74) is 3.95. The average molecular weight is 433 g/mol. The number of hydrogen-bond donors (Lipinski definition) is 1. The second-order valence-corrected chi connectivity index (χ2v) is 8.28. The maximum absolute atomic E-state index is 12.5. The maximum atomic E-state index is 12.5. The van der Waals surface area contributed by atoms with Gasteiger partial charge < -0.3 is 9.64 Å². The fourth-order valence-corrected chi connectivity index (χ4v) is 4.57. The highest BCUT2D eigenvalue weighted by atomic mass is 32.1. The number of ether oxygens (including phenoxy) is 1. The zero-order chi connectivity index (χ0) is 21.7. The molecule has 10 heteroatoms. The molecule has 0 spiro atoms. The average Bonchev–Trinajstić information content (AvgIpc) is 3.49. The van der Waals surface area contributed by atoms with Gasteiger partial charge in [0.05, 0.1) is 23.1 Å². The number of amides is 1. The number of carbonyl (C=O) groups excluding carboxylic acids is 1. The topological polar surface area (TPSA) is 101 Å². The van der Waals surface area contributed by atoms with Crippen LogP contribution in [0.5, 0.6) is 5.75 Å². The van der Waals surface area contributed by atoms with Crippen LogP contribution in [-0.4, -0.2) is 61.8 Å². The van der Waals surface area contributed by atoms with Crippen molar-refractivity contribution in [3.63, 3.8) is 0 Å². The summed E-state index contributed by atoms with van der Waals surface area (Å²) in [6.07, 6.45) is 1.62. The summed E-state index contributed by atoms with van der Waals surface area (Å²) in [6.45, 7) is 1.92. The molecule has 156 valence electrons. The number of methoxy groups -OCH3 is 1. The van der Waals surface area contributed by atoms with Crippen molar-refractivity contribution < 1.29 is 9.53 Å². The summed E-state index contributed by atoms with van der Waals surface area (Å²) >= 11 is 1.37. The predicted molar refractivity (Wildman–Crippen MR) is 118 cm³/mol. The van der Waals surface area contributed by atoms with Gasteiger partial charge in [0, 0.05) is 19.7 Å². The first-order chi connectivity index (χ1) is 15.0. The Balaban J connectivity index is 1.58.